The number of halogens is 1. The highest BCUT2D eigenvalue weighted by atomic mass is 19.1. The van der Waals surface area contributed by atoms with E-state index in [1.165, 1.54) is 16.7 Å². The summed E-state index contributed by atoms with van der Waals surface area (Å²) < 4.78 is 16.1. The molecule has 1 aliphatic rings. The number of rotatable bonds is 5. The zero-order chi connectivity index (χ0) is 23.5. The van der Waals surface area contributed by atoms with Crippen LogP contribution in [0.1, 0.15) is 24.0 Å². The van der Waals surface area contributed by atoms with Gasteiger partial charge < -0.3 is 20.3 Å². The largest absolute Gasteiger partial charge is 0.395 e. The average molecular weight is 448 g/mol. The van der Waals surface area contributed by atoms with Gasteiger partial charge in [0.1, 0.15) is 11.9 Å². The van der Waals surface area contributed by atoms with E-state index < -0.39 is 5.82 Å². The first-order chi connectivity index (χ1) is 15.9. The van der Waals surface area contributed by atoms with E-state index in [9.17, 15) is 14.3 Å². The zero-order valence-corrected chi connectivity index (χ0v) is 18.5. The number of aromatic nitrogens is 2. The lowest BCUT2D eigenvalue weighted by Crippen LogP contribution is -2.43. The van der Waals surface area contributed by atoms with Gasteiger partial charge in [0.2, 0.25) is 0 Å². The second-order valence-corrected chi connectivity index (χ2v) is 8.31. The van der Waals surface area contributed by atoms with E-state index in [0.717, 1.165) is 24.0 Å². The van der Waals surface area contributed by atoms with E-state index in [1.54, 1.807) is 6.07 Å². The summed E-state index contributed by atoms with van der Waals surface area (Å²) >= 11 is 0. The van der Waals surface area contributed by atoms with Crippen molar-refractivity contribution in [1.82, 2.24) is 9.55 Å². The quantitative estimate of drug-likeness (QED) is 0.623. The summed E-state index contributed by atoms with van der Waals surface area (Å²) in [6.07, 6.45) is 1.48. The Bertz CT molecular complexity index is 1260. The third-order valence-corrected chi connectivity index (χ3v) is 6.00. The van der Waals surface area contributed by atoms with Crippen LogP contribution in [0.4, 0.5) is 10.2 Å². The van der Waals surface area contributed by atoms with E-state index in [0.29, 0.717) is 30.0 Å². The van der Waals surface area contributed by atoms with Gasteiger partial charge in [-0.15, -0.1) is 0 Å². The van der Waals surface area contributed by atoms with Gasteiger partial charge in [0, 0.05) is 36.8 Å². The smallest absolute Gasteiger partial charge is 0.294 e. The molecular weight excluding hydrogens is 421 g/mol. The highest BCUT2D eigenvalue weighted by Crippen LogP contribution is 2.32. The number of anilines is 1. The van der Waals surface area contributed by atoms with Gasteiger partial charge in [-0.1, -0.05) is 35.9 Å². The van der Waals surface area contributed by atoms with E-state index in [2.05, 4.69) is 0 Å². The van der Waals surface area contributed by atoms with Crippen molar-refractivity contribution in [3.63, 3.8) is 0 Å². The molecular formula is C25H26FN5O2. The Kier molecular flexibility index (Phi) is 6.54. The fraction of sp³-hybridized carbons (Fsp3) is 0.320. The van der Waals surface area contributed by atoms with Crippen LogP contribution in [-0.2, 0) is 6.54 Å². The molecule has 1 aromatic heterocycles. The molecule has 1 saturated heterocycles. The van der Waals surface area contributed by atoms with Gasteiger partial charge in [0.05, 0.1) is 23.6 Å². The molecule has 7 nitrogen and oxygen atoms in total. The number of benzene rings is 2. The molecule has 3 N–H and O–H groups in total. The van der Waals surface area contributed by atoms with E-state index in [4.69, 9.17) is 16.0 Å². The lowest BCUT2D eigenvalue weighted by Gasteiger charge is -2.31. The Balaban J connectivity index is 2.00. The number of hydrogen-bond acceptors (Lipinski definition) is 6. The number of aryl methyl sites for hydroxylation is 1. The Morgan fingerprint density at radius 1 is 1.18 bits per heavy atom. The molecule has 4 rings (SSSR count). The summed E-state index contributed by atoms with van der Waals surface area (Å²) in [6, 6.07) is 13.8. The summed E-state index contributed by atoms with van der Waals surface area (Å²) in [6.45, 7) is 2.97. The van der Waals surface area contributed by atoms with Gasteiger partial charge >= 0.3 is 0 Å². The number of aliphatic hydroxyl groups is 1. The summed E-state index contributed by atoms with van der Waals surface area (Å²) in [5, 5.41) is 18.9. The summed E-state index contributed by atoms with van der Waals surface area (Å²) in [7, 11) is 0. The topological polar surface area (TPSA) is 108 Å². The lowest BCUT2D eigenvalue weighted by molar-refractivity contribution is 0.275. The Labute approximate surface area is 191 Å². The number of nitrogens with two attached hydrogens (primary N) is 1. The minimum Gasteiger partial charge on any atom is -0.395 e. The maximum absolute atomic E-state index is 14.6. The van der Waals surface area contributed by atoms with Gasteiger partial charge in [-0.05, 0) is 31.9 Å². The molecule has 0 radical (unpaired) electrons. The molecule has 0 saturated carbocycles. The average Bonchev–Trinajstić information content (AvgIpc) is 2.81. The van der Waals surface area contributed by atoms with Crippen molar-refractivity contribution in [2.45, 2.75) is 32.4 Å². The Morgan fingerprint density at radius 2 is 1.85 bits per heavy atom. The van der Waals surface area contributed by atoms with Crippen molar-refractivity contribution >= 4 is 5.82 Å². The first-order valence-electron chi connectivity index (χ1n) is 11.0. The fourth-order valence-electron chi connectivity index (χ4n) is 4.15. The van der Waals surface area contributed by atoms with Gasteiger partial charge in [-0.3, -0.25) is 4.79 Å². The van der Waals surface area contributed by atoms with Crippen LogP contribution >= 0.6 is 0 Å². The highest BCUT2D eigenvalue weighted by molar-refractivity contribution is 5.80. The second-order valence-electron chi connectivity index (χ2n) is 8.31. The molecule has 33 heavy (non-hydrogen) atoms. The van der Waals surface area contributed by atoms with Crippen LogP contribution in [0.5, 0.6) is 0 Å². The van der Waals surface area contributed by atoms with Crippen LogP contribution in [0, 0.1) is 24.1 Å². The first kappa shape index (κ1) is 22.6. The number of piperidine rings is 1. The van der Waals surface area contributed by atoms with Crippen molar-refractivity contribution in [2.75, 3.05) is 24.6 Å². The summed E-state index contributed by atoms with van der Waals surface area (Å²) in [4.78, 5) is 20.2. The van der Waals surface area contributed by atoms with Crippen LogP contribution in [-0.4, -0.2) is 40.4 Å². The lowest BCUT2D eigenvalue weighted by atomic mass is 10.0. The molecule has 0 atom stereocenters. The number of nitriles is 1. The number of hydrogen-bond donors (Lipinski definition) is 2. The van der Waals surface area contributed by atoms with Crippen molar-refractivity contribution in [1.29, 1.82) is 5.26 Å². The van der Waals surface area contributed by atoms with Crippen LogP contribution in [0.25, 0.3) is 22.5 Å². The maximum Gasteiger partial charge on any atom is 0.294 e. The fourth-order valence-corrected chi connectivity index (χ4v) is 4.15. The van der Waals surface area contributed by atoms with Crippen LogP contribution in [0.2, 0.25) is 0 Å². The second kappa shape index (κ2) is 9.53. The molecule has 2 aromatic carbocycles. The van der Waals surface area contributed by atoms with Crippen molar-refractivity contribution in [3.05, 3.63) is 69.8 Å². The van der Waals surface area contributed by atoms with E-state index >= 15 is 0 Å². The van der Waals surface area contributed by atoms with Gasteiger partial charge in [-0.2, -0.15) is 5.26 Å². The molecule has 170 valence electrons. The van der Waals surface area contributed by atoms with Crippen molar-refractivity contribution in [3.8, 4) is 28.6 Å². The molecule has 3 aromatic rings. The minimum atomic E-state index is -0.655. The SMILES string of the molecule is Cc1ccc(-c2c(-c3ccc(C#N)c(F)c3)nc(N3CCC(N)CC3)c(=O)n2CCO)cc1. The summed E-state index contributed by atoms with van der Waals surface area (Å²) in [5.74, 6) is -0.400. The van der Waals surface area contributed by atoms with Crippen molar-refractivity contribution in [2.24, 2.45) is 5.73 Å². The number of nitrogens with zero attached hydrogens (tertiary/aromatic N) is 4. The Morgan fingerprint density at radius 3 is 2.45 bits per heavy atom. The predicted octanol–water partition coefficient (Wildman–Crippen LogP) is 2.82. The van der Waals surface area contributed by atoms with Crippen LogP contribution in [0.3, 0.4) is 0 Å². The molecule has 1 fully saturated rings. The van der Waals surface area contributed by atoms with Crippen LogP contribution < -0.4 is 16.2 Å². The molecule has 2 heterocycles. The van der Waals surface area contributed by atoms with Gasteiger partial charge in [0.15, 0.2) is 5.82 Å². The number of aliphatic hydroxyl groups excluding tert-OH is 1. The summed E-state index contributed by atoms with van der Waals surface area (Å²) in [5.41, 5.74) is 8.80. The zero-order valence-electron chi connectivity index (χ0n) is 18.5. The van der Waals surface area contributed by atoms with Crippen molar-refractivity contribution < 1.29 is 9.50 Å². The standard InChI is InChI=1S/C25H26FN5O2/c1-16-2-4-17(5-3-16)23-22(18-6-7-19(15-27)21(26)14-18)29-24(25(33)31(23)12-13-32)30-10-8-20(28)9-11-30/h2-7,14,20,32H,8-13,28H2,1H3. The minimum absolute atomic E-state index is 0.0652. The first-order valence-corrected chi connectivity index (χ1v) is 11.0. The molecule has 0 amide bonds. The highest BCUT2D eigenvalue weighted by Gasteiger charge is 2.25. The van der Waals surface area contributed by atoms with E-state index in [1.807, 2.05) is 42.2 Å². The van der Waals surface area contributed by atoms with Gasteiger partial charge in [-0.25, -0.2) is 9.37 Å². The molecule has 8 heteroatoms. The predicted molar refractivity (Wildman–Crippen MR) is 125 cm³/mol. The molecule has 0 aliphatic carbocycles. The molecule has 0 unspecified atom stereocenters. The molecule has 1 aliphatic heterocycles. The molecule has 0 spiro atoms. The monoisotopic (exact) mass is 447 g/mol. The molecule has 0 bridgehead atoms. The third kappa shape index (κ3) is 4.51. The van der Waals surface area contributed by atoms with Crippen LogP contribution in [0.15, 0.2) is 47.3 Å². The normalized spacial score (nSPS) is 14.3. The maximum atomic E-state index is 14.6. The van der Waals surface area contributed by atoms with E-state index in [-0.39, 0.29) is 36.1 Å². The van der Waals surface area contributed by atoms with Gasteiger partial charge in [0.25, 0.3) is 5.56 Å². The third-order valence-electron chi connectivity index (χ3n) is 6.00. The Hall–Kier alpha value is -3.54.